The van der Waals surface area contributed by atoms with Crippen molar-refractivity contribution in [1.82, 2.24) is 20.2 Å². The molecule has 10 heteroatoms. The lowest BCUT2D eigenvalue weighted by Gasteiger charge is -2.25. The maximum atomic E-state index is 12.5. The van der Waals surface area contributed by atoms with Crippen molar-refractivity contribution in [1.29, 1.82) is 0 Å². The van der Waals surface area contributed by atoms with Gasteiger partial charge in [-0.15, -0.1) is 10.2 Å². The summed E-state index contributed by atoms with van der Waals surface area (Å²) >= 11 is 7.42. The van der Waals surface area contributed by atoms with E-state index in [1.807, 2.05) is 30.3 Å². The molecular weight excluding hydrogens is 508 g/mol. The second kappa shape index (κ2) is 13.1. The number of thioether (sulfide) groups is 1. The average molecular weight is 541 g/mol. The predicted octanol–water partition coefficient (Wildman–Crippen LogP) is 3.98. The number of carbonyl (C=O) groups is 1. The third-order valence-corrected chi connectivity index (χ3v) is 7.90. The van der Waals surface area contributed by atoms with Crippen LogP contribution in [0.4, 0.5) is 5.69 Å². The molecule has 1 saturated carbocycles. The number of rotatable bonds is 10. The number of quaternary nitrogens is 1. The third-order valence-electron chi connectivity index (χ3n) is 6.71. The van der Waals surface area contributed by atoms with E-state index in [0.717, 1.165) is 43.0 Å². The molecule has 1 aliphatic rings. The van der Waals surface area contributed by atoms with Crippen molar-refractivity contribution >= 4 is 41.2 Å². The predicted molar refractivity (Wildman–Crippen MR) is 147 cm³/mol. The molecule has 1 fully saturated rings. The molecule has 0 unspecified atom stereocenters. The van der Waals surface area contributed by atoms with Gasteiger partial charge in [0.05, 0.1) is 25.1 Å². The molecule has 1 aliphatic carbocycles. The number of aromatic nitrogens is 3. The zero-order valence-electron chi connectivity index (χ0n) is 21.2. The minimum Gasteiger partial charge on any atom is -0.872 e. The van der Waals surface area contributed by atoms with Crippen LogP contribution in [0.1, 0.15) is 57.6 Å². The molecule has 0 spiro atoms. The summed E-state index contributed by atoms with van der Waals surface area (Å²) in [6.45, 7) is 5.99. The van der Waals surface area contributed by atoms with Gasteiger partial charge in [-0.2, -0.15) is 5.10 Å². The van der Waals surface area contributed by atoms with Crippen LogP contribution in [0.15, 0.2) is 52.7 Å². The summed E-state index contributed by atoms with van der Waals surface area (Å²) in [5, 5.41) is 26.7. The van der Waals surface area contributed by atoms with Crippen LogP contribution in [0.3, 0.4) is 0 Å². The van der Waals surface area contributed by atoms with Crippen molar-refractivity contribution in [3.63, 3.8) is 0 Å². The zero-order valence-corrected chi connectivity index (χ0v) is 22.8. The standard InChI is InChI=1S/C27H33ClN6O2S/c1-3-33(4-2)23-15-12-20(24(35)16-23)17-29-30-25(36)18-37-27-32-31-26(19-10-13-21(28)14-11-19)34(27)22-8-6-5-7-9-22/h10-17,22,35H,3-9,18H2,1-2H3,(H,30,36). The molecule has 37 heavy (non-hydrogen) atoms. The first-order chi connectivity index (χ1) is 18.0. The van der Waals surface area contributed by atoms with E-state index in [9.17, 15) is 9.90 Å². The third kappa shape index (κ3) is 6.91. The monoisotopic (exact) mass is 540 g/mol. The van der Waals surface area contributed by atoms with E-state index >= 15 is 0 Å². The summed E-state index contributed by atoms with van der Waals surface area (Å²) in [5.74, 6) is 0.545. The molecule has 196 valence electrons. The summed E-state index contributed by atoms with van der Waals surface area (Å²) in [6, 6.07) is 13.2. The van der Waals surface area contributed by atoms with E-state index in [0.29, 0.717) is 21.8 Å². The fraction of sp³-hybridized carbons (Fsp3) is 0.407. The maximum absolute atomic E-state index is 12.5. The van der Waals surface area contributed by atoms with E-state index in [1.165, 1.54) is 42.1 Å². The highest BCUT2D eigenvalue weighted by atomic mass is 35.5. The molecule has 2 aromatic carbocycles. The Morgan fingerprint density at radius 3 is 2.57 bits per heavy atom. The van der Waals surface area contributed by atoms with Crippen LogP contribution in [-0.2, 0) is 4.79 Å². The van der Waals surface area contributed by atoms with Gasteiger partial charge in [-0.1, -0.05) is 48.4 Å². The highest BCUT2D eigenvalue weighted by Crippen LogP contribution is 2.35. The van der Waals surface area contributed by atoms with Crippen molar-refractivity contribution < 1.29 is 14.8 Å². The molecular formula is C27H33ClN6O2S. The van der Waals surface area contributed by atoms with Crippen molar-refractivity contribution in [2.75, 3.05) is 18.8 Å². The molecule has 3 aromatic rings. The molecule has 1 heterocycles. The van der Waals surface area contributed by atoms with Gasteiger partial charge in [0.25, 0.3) is 5.91 Å². The van der Waals surface area contributed by atoms with Crippen LogP contribution >= 0.6 is 23.4 Å². The fourth-order valence-electron chi connectivity index (χ4n) is 4.70. The number of halogens is 1. The number of hydrogen-bond donors (Lipinski definition) is 2. The SMILES string of the molecule is CC[NH+](CC)c1ccc(C=NNC(=O)CSc2nnc(-c3ccc(Cl)cc3)n2C2CCCCC2)c([O-])c1. The lowest BCUT2D eigenvalue weighted by molar-refractivity contribution is -0.828. The number of hydrazone groups is 1. The van der Waals surface area contributed by atoms with Gasteiger partial charge in [0, 0.05) is 16.6 Å². The van der Waals surface area contributed by atoms with Crippen LogP contribution in [-0.4, -0.2) is 45.7 Å². The zero-order chi connectivity index (χ0) is 26.2. The van der Waals surface area contributed by atoms with Crippen LogP contribution in [0, 0.1) is 0 Å². The molecule has 1 amide bonds. The number of amides is 1. The molecule has 4 rings (SSSR count). The first kappa shape index (κ1) is 27.2. The van der Waals surface area contributed by atoms with Crippen molar-refractivity contribution in [3.8, 4) is 17.1 Å². The Morgan fingerprint density at radius 2 is 1.89 bits per heavy atom. The first-order valence-electron chi connectivity index (χ1n) is 12.8. The van der Waals surface area contributed by atoms with Gasteiger partial charge >= 0.3 is 0 Å². The topological polar surface area (TPSA) is 99.7 Å². The van der Waals surface area contributed by atoms with Gasteiger partial charge < -0.3 is 10.0 Å². The van der Waals surface area contributed by atoms with E-state index in [1.54, 1.807) is 12.1 Å². The fourth-order valence-corrected chi connectivity index (χ4v) is 5.62. The minimum absolute atomic E-state index is 0.111. The molecule has 0 radical (unpaired) electrons. The van der Waals surface area contributed by atoms with Gasteiger partial charge in [-0.25, -0.2) is 5.43 Å². The molecule has 0 saturated heterocycles. The van der Waals surface area contributed by atoms with Crippen molar-refractivity contribution in [2.24, 2.45) is 5.10 Å². The molecule has 0 bridgehead atoms. The number of benzene rings is 2. The number of nitrogens with one attached hydrogen (secondary N) is 2. The molecule has 8 nitrogen and oxygen atoms in total. The lowest BCUT2D eigenvalue weighted by atomic mass is 9.95. The van der Waals surface area contributed by atoms with E-state index < -0.39 is 0 Å². The summed E-state index contributed by atoms with van der Waals surface area (Å²) in [6.07, 6.45) is 7.10. The van der Waals surface area contributed by atoms with Gasteiger partial charge in [0.15, 0.2) is 11.0 Å². The Hall–Kier alpha value is -2.88. The largest absolute Gasteiger partial charge is 0.872 e. The van der Waals surface area contributed by atoms with E-state index in [2.05, 4.69) is 39.1 Å². The Balaban J connectivity index is 1.41. The van der Waals surface area contributed by atoms with E-state index in [-0.39, 0.29) is 17.4 Å². The second-order valence-corrected chi connectivity index (χ2v) is 10.5. The Bertz CT molecular complexity index is 1220. The Labute approximate surface area is 227 Å². The second-order valence-electron chi connectivity index (χ2n) is 9.12. The normalized spacial score (nSPS) is 14.5. The van der Waals surface area contributed by atoms with Gasteiger partial charge in [-0.05, 0) is 74.7 Å². The Morgan fingerprint density at radius 1 is 1.16 bits per heavy atom. The number of hydrogen-bond acceptors (Lipinski definition) is 6. The van der Waals surface area contributed by atoms with Crippen LogP contribution in [0.25, 0.3) is 11.4 Å². The first-order valence-corrected chi connectivity index (χ1v) is 14.2. The Kier molecular flexibility index (Phi) is 9.60. The smallest absolute Gasteiger partial charge is 0.250 e. The maximum Gasteiger partial charge on any atom is 0.250 e. The van der Waals surface area contributed by atoms with Crippen LogP contribution < -0.4 is 15.4 Å². The quantitative estimate of drug-likeness (QED) is 0.230. The molecule has 2 N–H and O–H groups in total. The highest BCUT2D eigenvalue weighted by Gasteiger charge is 2.24. The summed E-state index contributed by atoms with van der Waals surface area (Å²) < 4.78 is 2.17. The van der Waals surface area contributed by atoms with E-state index in [4.69, 9.17) is 11.6 Å². The summed E-state index contributed by atoms with van der Waals surface area (Å²) in [5.41, 5.74) is 4.88. The lowest BCUT2D eigenvalue weighted by Crippen LogP contribution is -3.06. The molecule has 0 aliphatic heterocycles. The van der Waals surface area contributed by atoms with Gasteiger partial charge in [-0.3, -0.25) is 9.36 Å². The number of nitrogens with zero attached hydrogens (tertiary/aromatic N) is 4. The molecule has 1 aromatic heterocycles. The highest BCUT2D eigenvalue weighted by molar-refractivity contribution is 7.99. The minimum atomic E-state index is -0.274. The average Bonchev–Trinajstić information content (AvgIpc) is 3.34. The molecule has 0 atom stereocenters. The summed E-state index contributed by atoms with van der Waals surface area (Å²) in [4.78, 5) is 13.8. The summed E-state index contributed by atoms with van der Waals surface area (Å²) in [7, 11) is 0. The van der Waals surface area contributed by atoms with Crippen LogP contribution in [0.5, 0.6) is 5.75 Å². The van der Waals surface area contributed by atoms with Gasteiger partial charge in [0.1, 0.15) is 5.69 Å². The number of carbonyl (C=O) groups excluding carboxylic acids is 1. The van der Waals surface area contributed by atoms with Crippen molar-refractivity contribution in [3.05, 3.63) is 53.1 Å². The van der Waals surface area contributed by atoms with Crippen molar-refractivity contribution in [2.45, 2.75) is 57.1 Å². The van der Waals surface area contributed by atoms with Gasteiger partial charge in [0.2, 0.25) is 0 Å². The van der Waals surface area contributed by atoms with Crippen LogP contribution in [0.2, 0.25) is 5.02 Å².